The Morgan fingerprint density at radius 3 is 2.00 bits per heavy atom. The molecule has 2 heteroatoms. The summed E-state index contributed by atoms with van der Waals surface area (Å²) in [4.78, 5) is 4.67. The molecule has 1 aliphatic carbocycles. The Hall–Kier alpha value is -1.83. The normalized spacial score (nSPS) is 18.2. The van der Waals surface area contributed by atoms with Crippen LogP contribution in [0.5, 0.6) is 5.75 Å². The van der Waals surface area contributed by atoms with Gasteiger partial charge in [0, 0.05) is 5.56 Å². The summed E-state index contributed by atoms with van der Waals surface area (Å²) in [6, 6.07) is 13.4. The van der Waals surface area contributed by atoms with Crippen LogP contribution in [0.4, 0.5) is 0 Å². The number of nitrogens with zero attached hydrogens (tertiary/aromatic N) is 1. The summed E-state index contributed by atoms with van der Waals surface area (Å²) < 4.78 is 5.91. The van der Waals surface area contributed by atoms with Gasteiger partial charge >= 0.3 is 0 Å². The monoisotopic (exact) mass is 463 g/mol. The standard InChI is InChI=1S/C32H49NO/c1-3-5-7-9-10-11-13-25-34-31-23-24-32(33-26-31)30-21-19-29(20-22-30)28-17-15-27(16-18-28)14-12-8-6-4-2/h19-24,26-28H,3-18,25H2,1-2H3. The third kappa shape index (κ3) is 9.43. The predicted molar refractivity (Wildman–Crippen MR) is 147 cm³/mol. The Kier molecular flexibility index (Phi) is 12.6. The van der Waals surface area contributed by atoms with E-state index in [0.717, 1.165) is 36.3 Å². The van der Waals surface area contributed by atoms with Crippen LogP contribution >= 0.6 is 0 Å². The quantitative estimate of drug-likeness (QED) is 0.231. The van der Waals surface area contributed by atoms with E-state index in [1.165, 1.54) is 107 Å². The van der Waals surface area contributed by atoms with Crippen molar-refractivity contribution in [3.8, 4) is 17.0 Å². The molecule has 2 nitrogen and oxygen atoms in total. The first-order chi connectivity index (χ1) is 16.8. The van der Waals surface area contributed by atoms with Gasteiger partial charge in [-0.2, -0.15) is 0 Å². The summed E-state index contributed by atoms with van der Waals surface area (Å²) in [5.41, 5.74) is 3.75. The fourth-order valence-corrected chi connectivity index (χ4v) is 5.46. The van der Waals surface area contributed by atoms with Crippen molar-refractivity contribution in [1.29, 1.82) is 0 Å². The molecule has 1 fully saturated rings. The number of rotatable bonds is 16. The largest absolute Gasteiger partial charge is 0.492 e. The lowest BCUT2D eigenvalue weighted by molar-refractivity contribution is 0.302. The molecule has 1 aliphatic rings. The highest BCUT2D eigenvalue weighted by atomic mass is 16.5. The van der Waals surface area contributed by atoms with Gasteiger partial charge in [0.15, 0.2) is 0 Å². The second-order valence-corrected chi connectivity index (χ2v) is 10.5. The van der Waals surface area contributed by atoms with Crippen molar-refractivity contribution in [1.82, 2.24) is 4.98 Å². The third-order valence-corrected chi connectivity index (χ3v) is 7.74. The Labute approximate surface area is 209 Å². The van der Waals surface area contributed by atoms with Crippen LogP contribution in [-0.2, 0) is 0 Å². The second-order valence-electron chi connectivity index (χ2n) is 10.5. The number of pyridine rings is 1. The molecule has 0 saturated heterocycles. The topological polar surface area (TPSA) is 22.1 Å². The number of ether oxygens (including phenoxy) is 1. The molecule has 0 amide bonds. The molecule has 34 heavy (non-hydrogen) atoms. The zero-order valence-corrected chi connectivity index (χ0v) is 22.1. The molecule has 3 rings (SSSR count). The summed E-state index contributed by atoms with van der Waals surface area (Å²) in [6.07, 6.45) is 23.7. The van der Waals surface area contributed by atoms with E-state index in [-0.39, 0.29) is 0 Å². The van der Waals surface area contributed by atoms with Crippen molar-refractivity contribution in [2.75, 3.05) is 6.61 Å². The average Bonchev–Trinajstić information content (AvgIpc) is 2.89. The average molecular weight is 464 g/mol. The zero-order chi connectivity index (χ0) is 23.8. The molecule has 1 aromatic heterocycles. The van der Waals surface area contributed by atoms with Crippen molar-refractivity contribution in [2.24, 2.45) is 5.92 Å². The van der Waals surface area contributed by atoms with E-state index in [2.05, 4.69) is 55.2 Å². The van der Waals surface area contributed by atoms with Crippen LogP contribution in [0.25, 0.3) is 11.3 Å². The molecule has 2 aromatic rings. The Morgan fingerprint density at radius 2 is 1.35 bits per heavy atom. The van der Waals surface area contributed by atoms with Gasteiger partial charge in [0.1, 0.15) is 5.75 Å². The third-order valence-electron chi connectivity index (χ3n) is 7.74. The van der Waals surface area contributed by atoms with Gasteiger partial charge in [0.25, 0.3) is 0 Å². The van der Waals surface area contributed by atoms with Gasteiger partial charge in [0.2, 0.25) is 0 Å². The van der Waals surface area contributed by atoms with E-state index in [4.69, 9.17) is 4.74 Å². The molecule has 0 spiro atoms. The molecule has 0 unspecified atom stereocenters. The lowest BCUT2D eigenvalue weighted by Crippen LogP contribution is -2.13. The maximum Gasteiger partial charge on any atom is 0.137 e. The van der Waals surface area contributed by atoms with E-state index in [0.29, 0.717) is 0 Å². The number of hydrogen-bond acceptors (Lipinski definition) is 2. The van der Waals surface area contributed by atoms with Gasteiger partial charge in [-0.25, -0.2) is 0 Å². The van der Waals surface area contributed by atoms with Crippen molar-refractivity contribution < 1.29 is 4.74 Å². The first-order valence-corrected chi connectivity index (χ1v) is 14.5. The van der Waals surface area contributed by atoms with E-state index in [1.54, 1.807) is 0 Å². The second kappa shape index (κ2) is 16.0. The van der Waals surface area contributed by atoms with Crippen LogP contribution in [0.1, 0.15) is 128 Å². The smallest absolute Gasteiger partial charge is 0.137 e. The fraction of sp³-hybridized carbons (Fsp3) is 0.656. The van der Waals surface area contributed by atoms with Crippen molar-refractivity contribution in [2.45, 2.75) is 122 Å². The minimum Gasteiger partial charge on any atom is -0.492 e. The highest BCUT2D eigenvalue weighted by Gasteiger charge is 2.22. The summed E-state index contributed by atoms with van der Waals surface area (Å²) in [5, 5.41) is 0. The van der Waals surface area contributed by atoms with Gasteiger partial charge in [-0.05, 0) is 61.6 Å². The van der Waals surface area contributed by atoms with Crippen LogP contribution in [-0.4, -0.2) is 11.6 Å². The van der Waals surface area contributed by atoms with Crippen LogP contribution in [0.2, 0.25) is 0 Å². The molecular weight excluding hydrogens is 414 g/mol. The molecule has 1 saturated carbocycles. The first kappa shape index (κ1) is 26.8. The Balaban J connectivity index is 1.37. The molecule has 1 aromatic carbocycles. The Bertz CT molecular complexity index is 759. The van der Waals surface area contributed by atoms with Crippen LogP contribution in [0.3, 0.4) is 0 Å². The molecular formula is C32H49NO. The summed E-state index contributed by atoms with van der Waals surface area (Å²) >= 11 is 0. The maximum absolute atomic E-state index is 5.91. The summed E-state index contributed by atoms with van der Waals surface area (Å²) in [6.45, 7) is 5.36. The summed E-state index contributed by atoms with van der Waals surface area (Å²) in [5.74, 6) is 2.61. The van der Waals surface area contributed by atoms with Crippen LogP contribution in [0.15, 0.2) is 42.6 Å². The predicted octanol–water partition coefficient (Wildman–Crippen LogP) is 10.1. The van der Waals surface area contributed by atoms with E-state index in [1.807, 2.05) is 6.20 Å². The molecule has 1 heterocycles. The molecule has 0 aliphatic heterocycles. The van der Waals surface area contributed by atoms with Crippen molar-refractivity contribution in [3.05, 3.63) is 48.2 Å². The molecule has 0 atom stereocenters. The molecule has 0 radical (unpaired) electrons. The minimum atomic E-state index is 0.747. The van der Waals surface area contributed by atoms with Gasteiger partial charge < -0.3 is 4.74 Å². The van der Waals surface area contributed by atoms with Crippen molar-refractivity contribution in [3.63, 3.8) is 0 Å². The Morgan fingerprint density at radius 1 is 0.706 bits per heavy atom. The van der Waals surface area contributed by atoms with E-state index < -0.39 is 0 Å². The highest BCUT2D eigenvalue weighted by molar-refractivity contribution is 5.60. The van der Waals surface area contributed by atoms with Crippen LogP contribution < -0.4 is 4.74 Å². The first-order valence-electron chi connectivity index (χ1n) is 14.5. The van der Waals surface area contributed by atoms with E-state index in [9.17, 15) is 0 Å². The SMILES string of the molecule is CCCCCCCCCOc1ccc(-c2ccc(C3CCC(CCCCCC)CC3)cc2)nc1. The number of benzene rings is 1. The van der Waals surface area contributed by atoms with Gasteiger partial charge in [-0.3, -0.25) is 4.98 Å². The molecule has 0 bridgehead atoms. The van der Waals surface area contributed by atoms with Gasteiger partial charge in [0.05, 0.1) is 18.5 Å². The number of aromatic nitrogens is 1. The molecule has 0 N–H and O–H groups in total. The van der Waals surface area contributed by atoms with Crippen molar-refractivity contribution >= 4 is 0 Å². The highest BCUT2D eigenvalue weighted by Crippen LogP contribution is 2.38. The van der Waals surface area contributed by atoms with Gasteiger partial charge in [-0.1, -0.05) is 109 Å². The fourth-order valence-electron chi connectivity index (χ4n) is 5.46. The van der Waals surface area contributed by atoms with Gasteiger partial charge in [-0.15, -0.1) is 0 Å². The zero-order valence-electron chi connectivity index (χ0n) is 22.1. The lowest BCUT2D eigenvalue weighted by atomic mass is 9.77. The lowest BCUT2D eigenvalue weighted by Gasteiger charge is -2.29. The summed E-state index contributed by atoms with van der Waals surface area (Å²) in [7, 11) is 0. The minimum absolute atomic E-state index is 0.747. The molecule has 188 valence electrons. The maximum atomic E-state index is 5.91. The van der Waals surface area contributed by atoms with Crippen LogP contribution in [0, 0.1) is 5.92 Å². The number of unbranched alkanes of at least 4 members (excludes halogenated alkanes) is 9. The van der Waals surface area contributed by atoms with E-state index >= 15 is 0 Å². The number of hydrogen-bond donors (Lipinski definition) is 0.